The Morgan fingerprint density at radius 1 is 1.19 bits per heavy atom. The number of amides is 2. The van der Waals surface area contributed by atoms with E-state index in [1.807, 2.05) is 0 Å². The first-order chi connectivity index (χ1) is 12.5. The smallest absolute Gasteiger partial charge is 0.325 e. The molecule has 1 aromatic carbocycles. The van der Waals surface area contributed by atoms with Gasteiger partial charge in [0.1, 0.15) is 6.54 Å². The molecule has 0 atom stereocenters. The van der Waals surface area contributed by atoms with Crippen LogP contribution in [0, 0.1) is 0 Å². The fraction of sp³-hybridized carbons (Fsp3) is 0.222. The van der Waals surface area contributed by atoms with E-state index >= 15 is 0 Å². The van der Waals surface area contributed by atoms with Crippen molar-refractivity contribution in [3.05, 3.63) is 53.5 Å². The SMILES string of the molecule is O=C1CCc2cc(C(=O)COC(=O)CNC(=O)c3ccco3)ccc2N1. The topological polar surface area (TPSA) is 115 Å². The van der Waals surface area contributed by atoms with Crippen LogP contribution in [-0.2, 0) is 20.7 Å². The van der Waals surface area contributed by atoms with E-state index in [2.05, 4.69) is 10.6 Å². The second-order valence-corrected chi connectivity index (χ2v) is 5.66. The highest BCUT2D eigenvalue weighted by Crippen LogP contribution is 2.23. The van der Waals surface area contributed by atoms with Gasteiger partial charge in [-0.05, 0) is 42.3 Å². The number of furan rings is 1. The van der Waals surface area contributed by atoms with Crippen LogP contribution in [0.15, 0.2) is 41.0 Å². The number of carbonyl (C=O) groups excluding carboxylic acids is 4. The lowest BCUT2D eigenvalue weighted by Crippen LogP contribution is -2.31. The summed E-state index contributed by atoms with van der Waals surface area (Å²) in [7, 11) is 0. The number of fused-ring (bicyclic) bond motifs is 1. The summed E-state index contributed by atoms with van der Waals surface area (Å²) in [5.74, 6) is -1.62. The van der Waals surface area contributed by atoms with Gasteiger partial charge in [-0.3, -0.25) is 19.2 Å². The van der Waals surface area contributed by atoms with Crippen LogP contribution in [0.4, 0.5) is 5.69 Å². The summed E-state index contributed by atoms with van der Waals surface area (Å²) < 4.78 is 9.77. The van der Waals surface area contributed by atoms with Crippen molar-refractivity contribution in [2.45, 2.75) is 12.8 Å². The number of ether oxygens (including phenoxy) is 1. The van der Waals surface area contributed by atoms with Crippen molar-refractivity contribution in [2.75, 3.05) is 18.5 Å². The first-order valence-corrected chi connectivity index (χ1v) is 7.96. The van der Waals surface area contributed by atoms with Crippen LogP contribution < -0.4 is 10.6 Å². The minimum absolute atomic E-state index is 0.0536. The van der Waals surface area contributed by atoms with Gasteiger partial charge in [0, 0.05) is 17.7 Å². The number of carbonyl (C=O) groups is 4. The lowest BCUT2D eigenvalue weighted by atomic mass is 9.99. The Kier molecular flexibility index (Phi) is 5.12. The third-order valence-electron chi connectivity index (χ3n) is 3.83. The second kappa shape index (κ2) is 7.64. The first kappa shape index (κ1) is 17.4. The summed E-state index contributed by atoms with van der Waals surface area (Å²) in [6.07, 6.45) is 2.27. The number of anilines is 1. The Bertz CT molecular complexity index is 857. The van der Waals surface area contributed by atoms with Gasteiger partial charge in [0.2, 0.25) is 5.91 Å². The van der Waals surface area contributed by atoms with E-state index in [1.165, 1.54) is 12.3 Å². The predicted octanol–water partition coefficient (Wildman–Crippen LogP) is 1.32. The largest absolute Gasteiger partial charge is 0.459 e. The number of rotatable bonds is 6. The number of benzene rings is 1. The monoisotopic (exact) mass is 356 g/mol. The molecule has 0 spiro atoms. The van der Waals surface area contributed by atoms with E-state index in [0.29, 0.717) is 24.1 Å². The van der Waals surface area contributed by atoms with Crippen LogP contribution in [0.5, 0.6) is 0 Å². The van der Waals surface area contributed by atoms with Gasteiger partial charge >= 0.3 is 5.97 Å². The van der Waals surface area contributed by atoms with Crippen LogP contribution in [0.25, 0.3) is 0 Å². The minimum atomic E-state index is -0.733. The molecule has 3 rings (SSSR count). The lowest BCUT2D eigenvalue weighted by Gasteiger charge is -2.17. The quantitative estimate of drug-likeness (QED) is 0.596. The van der Waals surface area contributed by atoms with Crippen molar-refractivity contribution in [2.24, 2.45) is 0 Å². The molecule has 0 aliphatic carbocycles. The Morgan fingerprint density at radius 2 is 2.04 bits per heavy atom. The number of hydrogen-bond acceptors (Lipinski definition) is 6. The number of hydrogen-bond donors (Lipinski definition) is 2. The molecular weight excluding hydrogens is 340 g/mol. The maximum absolute atomic E-state index is 12.2. The fourth-order valence-electron chi connectivity index (χ4n) is 2.48. The molecule has 2 aromatic rings. The zero-order valence-corrected chi connectivity index (χ0v) is 13.7. The highest BCUT2D eigenvalue weighted by Gasteiger charge is 2.18. The Morgan fingerprint density at radius 3 is 2.81 bits per heavy atom. The van der Waals surface area contributed by atoms with E-state index in [1.54, 1.807) is 24.3 Å². The standard InChI is InChI=1S/C18H16N2O6/c21-14(12-3-5-13-11(8-12)4-6-16(22)20-13)10-26-17(23)9-19-18(24)15-2-1-7-25-15/h1-3,5,7-8H,4,6,9-10H2,(H,19,24)(H,20,22). The van der Waals surface area contributed by atoms with E-state index in [0.717, 1.165) is 5.56 Å². The molecule has 0 saturated heterocycles. The van der Waals surface area contributed by atoms with Crippen molar-refractivity contribution < 1.29 is 28.3 Å². The van der Waals surface area contributed by atoms with Gasteiger partial charge in [0.25, 0.3) is 5.91 Å². The van der Waals surface area contributed by atoms with Crippen LogP contribution in [0.3, 0.4) is 0 Å². The Labute approximate surface area is 148 Å². The molecule has 1 aliphatic heterocycles. The third kappa shape index (κ3) is 4.15. The highest BCUT2D eigenvalue weighted by molar-refractivity contribution is 6.00. The molecule has 26 heavy (non-hydrogen) atoms. The van der Waals surface area contributed by atoms with Gasteiger partial charge in [-0.15, -0.1) is 0 Å². The average molecular weight is 356 g/mol. The zero-order chi connectivity index (χ0) is 18.5. The van der Waals surface area contributed by atoms with Crippen LogP contribution in [-0.4, -0.2) is 36.7 Å². The molecule has 8 heteroatoms. The van der Waals surface area contributed by atoms with E-state index in [4.69, 9.17) is 9.15 Å². The second-order valence-electron chi connectivity index (χ2n) is 5.66. The van der Waals surface area contributed by atoms with Crippen molar-refractivity contribution in [1.82, 2.24) is 5.32 Å². The molecule has 1 aliphatic rings. The molecule has 134 valence electrons. The van der Waals surface area contributed by atoms with Gasteiger partial charge in [-0.25, -0.2) is 0 Å². The summed E-state index contributed by atoms with van der Waals surface area (Å²) in [6.45, 7) is -0.802. The van der Waals surface area contributed by atoms with Crippen LogP contribution in [0.2, 0.25) is 0 Å². The number of nitrogens with one attached hydrogen (secondary N) is 2. The van der Waals surface area contributed by atoms with Crippen molar-refractivity contribution in [3.8, 4) is 0 Å². The summed E-state index contributed by atoms with van der Waals surface area (Å²) in [6, 6.07) is 7.92. The van der Waals surface area contributed by atoms with Gasteiger partial charge in [-0.1, -0.05) is 0 Å². The van der Waals surface area contributed by atoms with Gasteiger partial charge in [0.15, 0.2) is 18.2 Å². The Hall–Kier alpha value is -3.42. The van der Waals surface area contributed by atoms with E-state index in [9.17, 15) is 19.2 Å². The number of ketones is 1. The zero-order valence-electron chi connectivity index (χ0n) is 13.7. The third-order valence-corrected chi connectivity index (χ3v) is 3.83. The molecule has 1 aromatic heterocycles. The van der Waals surface area contributed by atoms with Crippen molar-refractivity contribution in [3.63, 3.8) is 0 Å². The number of esters is 1. The first-order valence-electron chi connectivity index (χ1n) is 7.96. The molecular formula is C18H16N2O6. The molecule has 2 amide bonds. The molecule has 0 saturated carbocycles. The highest BCUT2D eigenvalue weighted by atomic mass is 16.5. The Balaban J connectivity index is 1.48. The van der Waals surface area contributed by atoms with Crippen molar-refractivity contribution in [1.29, 1.82) is 0 Å². The molecule has 2 heterocycles. The molecule has 0 radical (unpaired) electrons. The summed E-state index contributed by atoms with van der Waals surface area (Å²) in [5, 5.41) is 5.07. The summed E-state index contributed by atoms with van der Waals surface area (Å²) in [4.78, 5) is 46.8. The fourth-order valence-corrected chi connectivity index (χ4v) is 2.48. The minimum Gasteiger partial charge on any atom is -0.459 e. The molecule has 0 unspecified atom stereocenters. The van der Waals surface area contributed by atoms with E-state index in [-0.39, 0.29) is 24.0 Å². The maximum atomic E-state index is 12.2. The normalized spacial score (nSPS) is 12.7. The molecule has 0 bridgehead atoms. The predicted molar refractivity (Wildman–Crippen MR) is 89.7 cm³/mol. The van der Waals surface area contributed by atoms with Gasteiger partial charge in [0.05, 0.1) is 6.26 Å². The van der Waals surface area contributed by atoms with Gasteiger partial charge < -0.3 is 19.8 Å². The summed E-state index contributed by atoms with van der Waals surface area (Å²) >= 11 is 0. The number of Topliss-reactive ketones (excluding diaryl/α,β-unsaturated/α-hetero) is 1. The molecule has 2 N–H and O–H groups in total. The van der Waals surface area contributed by atoms with E-state index < -0.39 is 18.5 Å². The van der Waals surface area contributed by atoms with Crippen LogP contribution in [0.1, 0.15) is 32.9 Å². The lowest BCUT2D eigenvalue weighted by molar-refractivity contribution is -0.141. The van der Waals surface area contributed by atoms with Crippen molar-refractivity contribution >= 4 is 29.3 Å². The molecule has 8 nitrogen and oxygen atoms in total. The number of aryl methyl sites for hydroxylation is 1. The summed E-state index contributed by atoms with van der Waals surface area (Å²) in [5.41, 5.74) is 1.95. The van der Waals surface area contributed by atoms with Crippen LogP contribution >= 0.6 is 0 Å². The van der Waals surface area contributed by atoms with Gasteiger partial charge in [-0.2, -0.15) is 0 Å². The average Bonchev–Trinajstić information content (AvgIpc) is 3.18. The molecule has 0 fully saturated rings. The maximum Gasteiger partial charge on any atom is 0.325 e.